The van der Waals surface area contributed by atoms with Crippen molar-refractivity contribution in [1.29, 1.82) is 0 Å². The maximum Gasteiger partial charge on any atom is 0.414 e. The summed E-state index contributed by atoms with van der Waals surface area (Å²) in [5.41, 5.74) is 3.41. The predicted octanol–water partition coefficient (Wildman–Crippen LogP) is 0.990. The lowest BCUT2D eigenvalue weighted by atomic mass is 10.1. The number of hydrazine groups is 1. The van der Waals surface area contributed by atoms with E-state index >= 15 is 0 Å². The topological polar surface area (TPSA) is 125 Å². The molecule has 0 aromatic heterocycles. The SMILES string of the molecule is COc1cccc(C(=O)NN2CCCCC2)c1OC.O=C(O)C(=O)O. The van der Waals surface area contributed by atoms with Gasteiger partial charge in [0.25, 0.3) is 5.91 Å². The number of carboxylic acids is 2. The molecule has 0 bridgehead atoms. The van der Waals surface area contributed by atoms with Crippen LogP contribution in [0.4, 0.5) is 0 Å². The van der Waals surface area contributed by atoms with Crippen LogP contribution in [0, 0.1) is 0 Å². The van der Waals surface area contributed by atoms with Crippen molar-refractivity contribution in [2.24, 2.45) is 0 Å². The number of carbonyl (C=O) groups is 3. The highest BCUT2D eigenvalue weighted by Crippen LogP contribution is 2.30. The van der Waals surface area contributed by atoms with E-state index in [9.17, 15) is 4.79 Å². The molecule has 138 valence electrons. The van der Waals surface area contributed by atoms with Crippen LogP contribution < -0.4 is 14.9 Å². The monoisotopic (exact) mass is 354 g/mol. The fourth-order valence-corrected chi connectivity index (χ4v) is 2.28. The molecule has 9 heteroatoms. The van der Waals surface area contributed by atoms with Crippen LogP contribution in [-0.2, 0) is 9.59 Å². The van der Waals surface area contributed by atoms with E-state index in [1.54, 1.807) is 25.3 Å². The van der Waals surface area contributed by atoms with Gasteiger partial charge in [-0.15, -0.1) is 0 Å². The van der Waals surface area contributed by atoms with Crippen LogP contribution in [0.25, 0.3) is 0 Å². The van der Waals surface area contributed by atoms with Gasteiger partial charge in [0, 0.05) is 13.1 Å². The highest BCUT2D eigenvalue weighted by Gasteiger charge is 2.19. The minimum absolute atomic E-state index is 0.155. The smallest absolute Gasteiger partial charge is 0.414 e. The van der Waals surface area contributed by atoms with E-state index in [2.05, 4.69) is 5.43 Å². The summed E-state index contributed by atoms with van der Waals surface area (Å²) in [4.78, 5) is 30.5. The van der Waals surface area contributed by atoms with E-state index < -0.39 is 11.9 Å². The van der Waals surface area contributed by atoms with Gasteiger partial charge in [-0.1, -0.05) is 12.5 Å². The summed E-state index contributed by atoms with van der Waals surface area (Å²) in [6.07, 6.45) is 3.47. The Bertz CT molecular complexity index is 601. The molecule has 25 heavy (non-hydrogen) atoms. The Morgan fingerprint density at radius 1 is 1.00 bits per heavy atom. The Morgan fingerprint density at radius 2 is 1.60 bits per heavy atom. The van der Waals surface area contributed by atoms with Crippen molar-refractivity contribution in [2.75, 3.05) is 27.3 Å². The molecular formula is C16H22N2O7. The Hall–Kier alpha value is -2.81. The summed E-state index contributed by atoms with van der Waals surface area (Å²) >= 11 is 0. The number of carbonyl (C=O) groups excluding carboxylic acids is 1. The van der Waals surface area contributed by atoms with Gasteiger partial charge in [0.1, 0.15) is 0 Å². The van der Waals surface area contributed by atoms with Gasteiger partial charge in [-0.2, -0.15) is 0 Å². The van der Waals surface area contributed by atoms with E-state index in [0.29, 0.717) is 17.1 Å². The van der Waals surface area contributed by atoms with Gasteiger partial charge < -0.3 is 19.7 Å². The molecule has 3 N–H and O–H groups in total. The zero-order chi connectivity index (χ0) is 18.8. The van der Waals surface area contributed by atoms with E-state index in [1.165, 1.54) is 13.5 Å². The number of para-hydroxylation sites is 1. The fourth-order valence-electron chi connectivity index (χ4n) is 2.28. The van der Waals surface area contributed by atoms with E-state index in [0.717, 1.165) is 25.9 Å². The first kappa shape index (κ1) is 20.2. The van der Waals surface area contributed by atoms with Gasteiger partial charge in [-0.25, -0.2) is 14.6 Å². The molecule has 0 aliphatic carbocycles. The highest BCUT2D eigenvalue weighted by molar-refractivity contribution is 6.27. The van der Waals surface area contributed by atoms with E-state index in [1.807, 2.05) is 5.01 Å². The summed E-state index contributed by atoms with van der Waals surface area (Å²) in [5.74, 6) is -2.77. The molecular weight excluding hydrogens is 332 g/mol. The first-order chi connectivity index (χ1) is 11.9. The molecule has 1 aliphatic rings. The van der Waals surface area contributed by atoms with Crippen molar-refractivity contribution >= 4 is 17.8 Å². The lowest BCUT2D eigenvalue weighted by Gasteiger charge is -2.27. The number of ether oxygens (including phenoxy) is 2. The van der Waals surface area contributed by atoms with Crippen LogP contribution in [-0.4, -0.2) is 60.4 Å². The molecule has 1 aromatic rings. The third-order valence-electron chi connectivity index (χ3n) is 3.45. The lowest BCUT2D eigenvalue weighted by Crippen LogP contribution is -2.45. The third kappa shape index (κ3) is 6.30. The Balaban J connectivity index is 0.000000450. The van der Waals surface area contributed by atoms with Crippen molar-refractivity contribution in [3.8, 4) is 11.5 Å². The summed E-state index contributed by atoms with van der Waals surface area (Å²) in [6, 6.07) is 5.30. The number of nitrogens with one attached hydrogen (secondary N) is 1. The van der Waals surface area contributed by atoms with E-state index in [4.69, 9.17) is 29.3 Å². The molecule has 0 saturated carbocycles. The number of carboxylic acid groups (broad SMARTS) is 2. The number of benzene rings is 1. The summed E-state index contributed by atoms with van der Waals surface area (Å²) < 4.78 is 10.5. The maximum atomic E-state index is 12.3. The summed E-state index contributed by atoms with van der Waals surface area (Å²) in [7, 11) is 3.10. The first-order valence-corrected chi connectivity index (χ1v) is 7.63. The average Bonchev–Trinajstić information content (AvgIpc) is 2.62. The molecule has 1 saturated heterocycles. The van der Waals surface area contributed by atoms with Crippen LogP contribution >= 0.6 is 0 Å². The van der Waals surface area contributed by atoms with Crippen molar-refractivity contribution in [3.63, 3.8) is 0 Å². The predicted molar refractivity (Wildman–Crippen MR) is 87.7 cm³/mol. The normalized spacial score (nSPS) is 13.8. The number of hydrogen-bond donors (Lipinski definition) is 3. The molecule has 9 nitrogen and oxygen atoms in total. The largest absolute Gasteiger partial charge is 0.493 e. The van der Waals surface area contributed by atoms with Gasteiger partial charge in [0.15, 0.2) is 11.5 Å². The van der Waals surface area contributed by atoms with Crippen LogP contribution in [0.1, 0.15) is 29.6 Å². The van der Waals surface area contributed by atoms with Gasteiger partial charge in [-0.3, -0.25) is 10.2 Å². The molecule has 1 heterocycles. The second-order valence-corrected chi connectivity index (χ2v) is 5.14. The summed E-state index contributed by atoms with van der Waals surface area (Å²) in [6.45, 7) is 1.80. The molecule has 1 aliphatic heterocycles. The Morgan fingerprint density at radius 3 is 2.08 bits per heavy atom. The van der Waals surface area contributed by atoms with Crippen LogP contribution in [0.2, 0.25) is 0 Å². The standard InChI is InChI=1S/C14H20N2O3.C2H2O4/c1-18-12-8-6-7-11(13(12)19-2)14(17)15-16-9-4-3-5-10-16;3-1(4)2(5)6/h6-8H,3-5,9-10H2,1-2H3,(H,15,17);(H,3,4)(H,5,6). The number of rotatable bonds is 4. The molecule has 0 spiro atoms. The van der Waals surface area contributed by atoms with Gasteiger partial charge in [0.2, 0.25) is 0 Å². The fraction of sp³-hybridized carbons (Fsp3) is 0.438. The van der Waals surface area contributed by atoms with Gasteiger partial charge in [-0.05, 0) is 25.0 Å². The molecule has 0 atom stereocenters. The Kier molecular flexibility index (Phi) is 8.21. The minimum Gasteiger partial charge on any atom is -0.493 e. The second kappa shape index (κ2) is 10.1. The zero-order valence-corrected chi connectivity index (χ0v) is 14.2. The van der Waals surface area contributed by atoms with Gasteiger partial charge >= 0.3 is 11.9 Å². The van der Waals surface area contributed by atoms with Crippen LogP contribution in [0.15, 0.2) is 18.2 Å². The number of amides is 1. The third-order valence-corrected chi connectivity index (χ3v) is 3.45. The summed E-state index contributed by atoms with van der Waals surface area (Å²) in [5, 5.41) is 16.7. The molecule has 1 aromatic carbocycles. The maximum absolute atomic E-state index is 12.3. The molecule has 0 unspecified atom stereocenters. The number of nitrogens with zero attached hydrogens (tertiary/aromatic N) is 1. The van der Waals surface area contributed by atoms with Crippen LogP contribution in [0.3, 0.4) is 0 Å². The first-order valence-electron chi connectivity index (χ1n) is 7.63. The number of aliphatic carboxylic acids is 2. The zero-order valence-electron chi connectivity index (χ0n) is 14.2. The molecule has 1 amide bonds. The van der Waals surface area contributed by atoms with Crippen molar-refractivity contribution in [1.82, 2.24) is 10.4 Å². The molecule has 1 fully saturated rings. The lowest BCUT2D eigenvalue weighted by molar-refractivity contribution is -0.159. The number of piperidine rings is 1. The molecule has 2 rings (SSSR count). The van der Waals surface area contributed by atoms with Crippen LogP contribution in [0.5, 0.6) is 11.5 Å². The van der Waals surface area contributed by atoms with E-state index in [-0.39, 0.29) is 5.91 Å². The Labute approximate surface area is 145 Å². The molecule has 0 radical (unpaired) electrons. The van der Waals surface area contributed by atoms with Crippen molar-refractivity contribution < 1.29 is 34.1 Å². The highest BCUT2D eigenvalue weighted by atomic mass is 16.5. The van der Waals surface area contributed by atoms with Crippen molar-refractivity contribution in [2.45, 2.75) is 19.3 Å². The second-order valence-electron chi connectivity index (χ2n) is 5.14. The number of methoxy groups -OCH3 is 2. The quantitative estimate of drug-likeness (QED) is 0.684. The average molecular weight is 354 g/mol. The number of hydrogen-bond acceptors (Lipinski definition) is 6. The van der Waals surface area contributed by atoms with Gasteiger partial charge in [0.05, 0.1) is 19.8 Å². The minimum atomic E-state index is -1.82. The van der Waals surface area contributed by atoms with Crippen molar-refractivity contribution in [3.05, 3.63) is 23.8 Å².